The molecule has 0 aromatic carbocycles. The summed E-state index contributed by atoms with van der Waals surface area (Å²) in [6.07, 6.45) is 4.17. The molecule has 1 unspecified atom stereocenters. The van der Waals surface area contributed by atoms with Crippen LogP contribution in [0.1, 0.15) is 60.3 Å². The molecule has 1 rings (SSSR count). The van der Waals surface area contributed by atoms with Crippen molar-refractivity contribution in [1.29, 1.82) is 0 Å². The SMILES string of the molecule is CC(=O)NCC(C)CC[C@@H]1C[C@@H](C(=O)OC(C)(C)C)C[C@H]1C=O. The third-order valence-electron chi connectivity index (χ3n) is 4.39. The van der Waals surface area contributed by atoms with Crippen LogP contribution in [0.15, 0.2) is 0 Å². The molecule has 23 heavy (non-hydrogen) atoms. The first-order valence-electron chi connectivity index (χ1n) is 8.55. The third-order valence-corrected chi connectivity index (χ3v) is 4.39. The highest BCUT2D eigenvalue weighted by Gasteiger charge is 2.39. The molecular weight excluding hydrogens is 294 g/mol. The van der Waals surface area contributed by atoms with Crippen molar-refractivity contribution in [2.24, 2.45) is 23.7 Å². The van der Waals surface area contributed by atoms with Gasteiger partial charge in [-0.25, -0.2) is 0 Å². The Labute approximate surface area is 139 Å². The Morgan fingerprint density at radius 3 is 2.48 bits per heavy atom. The van der Waals surface area contributed by atoms with Gasteiger partial charge in [0.05, 0.1) is 5.92 Å². The van der Waals surface area contributed by atoms with Gasteiger partial charge in [0.2, 0.25) is 5.91 Å². The van der Waals surface area contributed by atoms with Crippen molar-refractivity contribution in [1.82, 2.24) is 5.32 Å². The number of hydrogen-bond acceptors (Lipinski definition) is 4. The topological polar surface area (TPSA) is 72.5 Å². The van der Waals surface area contributed by atoms with E-state index in [0.29, 0.717) is 18.9 Å². The molecule has 0 aliphatic heterocycles. The summed E-state index contributed by atoms with van der Waals surface area (Å²) < 4.78 is 5.45. The second-order valence-electron chi connectivity index (χ2n) is 7.88. The Morgan fingerprint density at radius 1 is 1.30 bits per heavy atom. The van der Waals surface area contributed by atoms with Crippen LogP contribution in [0.2, 0.25) is 0 Å². The van der Waals surface area contributed by atoms with Gasteiger partial charge in [-0.3, -0.25) is 9.59 Å². The number of rotatable bonds is 7. The van der Waals surface area contributed by atoms with E-state index in [0.717, 1.165) is 25.5 Å². The zero-order chi connectivity index (χ0) is 17.6. The van der Waals surface area contributed by atoms with Gasteiger partial charge in [0, 0.05) is 19.4 Å². The first-order chi connectivity index (χ1) is 10.6. The molecule has 0 radical (unpaired) electrons. The second kappa shape index (κ2) is 8.46. The Balaban J connectivity index is 2.48. The number of carbonyl (C=O) groups is 3. The lowest BCUT2D eigenvalue weighted by atomic mass is 9.89. The van der Waals surface area contributed by atoms with Gasteiger partial charge < -0.3 is 14.8 Å². The van der Waals surface area contributed by atoms with E-state index in [1.165, 1.54) is 6.92 Å². The standard InChI is InChI=1S/C18H31NO4/c1-12(10-19-13(2)21)6-7-14-8-15(9-16(14)11-20)17(22)23-18(3,4)5/h11-12,14-16H,6-10H2,1-5H3,(H,19,21)/t12?,14-,15-,16+/m1/s1. The van der Waals surface area contributed by atoms with E-state index >= 15 is 0 Å². The van der Waals surface area contributed by atoms with E-state index < -0.39 is 5.60 Å². The molecule has 0 spiro atoms. The lowest BCUT2D eigenvalue weighted by molar-refractivity contribution is -0.159. The van der Waals surface area contributed by atoms with Crippen molar-refractivity contribution in [3.05, 3.63) is 0 Å². The molecule has 5 heteroatoms. The number of nitrogens with one attached hydrogen (secondary N) is 1. The van der Waals surface area contributed by atoms with Gasteiger partial charge in [0.25, 0.3) is 0 Å². The average Bonchev–Trinajstić information content (AvgIpc) is 2.84. The monoisotopic (exact) mass is 325 g/mol. The van der Waals surface area contributed by atoms with E-state index in [1.54, 1.807) is 0 Å². The molecule has 1 saturated carbocycles. The minimum atomic E-state index is -0.487. The molecule has 0 aromatic rings. The maximum Gasteiger partial charge on any atom is 0.309 e. The van der Waals surface area contributed by atoms with Gasteiger partial charge in [-0.1, -0.05) is 6.92 Å². The van der Waals surface area contributed by atoms with Crippen molar-refractivity contribution >= 4 is 18.2 Å². The van der Waals surface area contributed by atoms with E-state index in [4.69, 9.17) is 4.74 Å². The number of carbonyl (C=O) groups excluding carboxylic acids is 3. The quantitative estimate of drug-likeness (QED) is 0.577. The summed E-state index contributed by atoms with van der Waals surface area (Å²) in [6.45, 7) is 9.84. The fourth-order valence-electron chi connectivity index (χ4n) is 3.15. The minimum Gasteiger partial charge on any atom is -0.460 e. The number of esters is 1. The number of hydrogen-bond donors (Lipinski definition) is 1. The van der Waals surface area contributed by atoms with Crippen LogP contribution < -0.4 is 5.32 Å². The van der Waals surface area contributed by atoms with Crippen LogP contribution in [0.5, 0.6) is 0 Å². The molecule has 1 aliphatic carbocycles. The molecule has 0 heterocycles. The summed E-state index contributed by atoms with van der Waals surface area (Å²) in [7, 11) is 0. The van der Waals surface area contributed by atoms with Crippen LogP contribution in [0.4, 0.5) is 0 Å². The minimum absolute atomic E-state index is 0.0199. The second-order valence-corrected chi connectivity index (χ2v) is 7.88. The Kier molecular flexibility index (Phi) is 7.23. The van der Waals surface area contributed by atoms with Crippen molar-refractivity contribution in [3.63, 3.8) is 0 Å². The summed E-state index contributed by atoms with van der Waals surface area (Å²) in [5.74, 6) is 0.184. The lowest BCUT2D eigenvalue weighted by Gasteiger charge is -2.22. The van der Waals surface area contributed by atoms with Gasteiger partial charge in [-0.05, 0) is 58.3 Å². The highest BCUT2D eigenvalue weighted by molar-refractivity contribution is 5.74. The van der Waals surface area contributed by atoms with Gasteiger partial charge in [-0.2, -0.15) is 0 Å². The molecule has 0 bridgehead atoms. The molecule has 1 aliphatic rings. The van der Waals surface area contributed by atoms with Crippen LogP contribution in [-0.4, -0.2) is 30.3 Å². The van der Waals surface area contributed by atoms with Crippen LogP contribution >= 0.6 is 0 Å². The van der Waals surface area contributed by atoms with Gasteiger partial charge in [0.1, 0.15) is 11.9 Å². The van der Waals surface area contributed by atoms with Crippen molar-refractivity contribution in [2.45, 2.75) is 65.9 Å². The van der Waals surface area contributed by atoms with E-state index in [1.807, 2.05) is 20.8 Å². The summed E-state index contributed by atoms with van der Waals surface area (Å²) >= 11 is 0. The van der Waals surface area contributed by atoms with E-state index in [-0.39, 0.29) is 29.6 Å². The predicted octanol–water partition coefficient (Wildman–Crippen LogP) is 2.72. The Hall–Kier alpha value is -1.39. The summed E-state index contributed by atoms with van der Waals surface area (Å²) in [5.41, 5.74) is -0.487. The smallest absolute Gasteiger partial charge is 0.309 e. The van der Waals surface area contributed by atoms with Crippen LogP contribution in [0, 0.1) is 23.7 Å². The fraction of sp³-hybridized carbons (Fsp3) is 0.833. The van der Waals surface area contributed by atoms with Crippen molar-refractivity contribution in [2.75, 3.05) is 6.54 Å². The fourth-order valence-corrected chi connectivity index (χ4v) is 3.15. The zero-order valence-corrected chi connectivity index (χ0v) is 15.1. The van der Waals surface area contributed by atoms with Crippen LogP contribution in [0.25, 0.3) is 0 Å². The summed E-state index contributed by atoms with van der Waals surface area (Å²) in [5, 5.41) is 2.82. The molecule has 1 N–H and O–H groups in total. The Bertz CT molecular complexity index is 427. The highest BCUT2D eigenvalue weighted by Crippen LogP contribution is 2.39. The van der Waals surface area contributed by atoms with Gasteiger partial charge >= 0.3 is 5.97 Å². The normalized spacial score (nSPS) is 25.7. The molecule has 5 nitrogen and oxygen atoms in total. The van der Waals surface area contributed by atoms with E-state index in [2.05, 4.69) is 12.2 Å². The number of ether oxygens (including phenoxy) is 1. The molecule has 1 fully saturated rings. The first-order valence-corrected chi connectivity index (χ1v) is 8.55. The van der Waals surface area contributed by atoms with Crippen molar-refractivity contribution in [3.8, 4) is 0 Å². The largest absolute Gasteiger partial charge is 0.460 e. The predicted molar refractivity (Wildman–Crippen MR) is 88.7 cm³/mol. The molecular formula is C18H31NO4. The molecule has 0 saturated heterocycles. The third kappa shape index (κ3) is 7.14. The first kappa shape index (κ1) is 19.7. The summed E-state index contributed by atoms with van der Waals surface area (Å²) in [6, 6.07) is 0. The molecule has 0 aromatic heterocycles. The number of amides is 1. The lowest BCUT2D eigenvalue weighted by Crippen LogP contribution is -2.28. The van der Waals surface area contributed by atoms with Crippen LogP contribution in [0.3, 0.4) is 0 Å². The van der Waals surface area contributed by atoms with E-state index in [9.17, 15) is 14.4 Å². The average molecular weight is 325 g/mol. The zero-order valence-electron chi connectivity index (χ0n) is 15.1. The molecule has 132 valence electrons. The van der Waals surface area contributed by atoms with Gasteiger partial charge in [-0.15, -0.1) is 0 Å². The number of aldehydes is 1. The molecule has 1 amide bonds. The van der Waals surface area contributed by atoms with Crippen LogP contribution in [-0.2, 0) is 19.1 Å². The maximum atomic E-state index is 12.2. The maximum absolute atomic E-state index is 12.2. The summed E-state index contributed by atoms with van der Waals surface area (Å²) in [4.78, 5) is 34.4. The van der Waals surface area contributed by atoms with Gasteiger partial charge in [0.15, 0.2) is 0 Å². The van der Waals surface area contributed by atoms with Crippen molar-refractivity contribution < 1.29 is 19.1 Å². The Morgan fingerprint density at radius 2 is 1.96 bits per heavy atom. The molecule has 4 atom stereocenters. The highest BCUT2D eigenvalue weighted by atomic mass is 16.6.